The molecule has 1 saturated carbocycles. The lowest BCUT2D eigenvalue weighted by Gasteiger charge is -2.41. The molecule has 8 heteroatoms. The lowest BCUT2D eigenvalue weighted by atomic mass is 9.65. The predicted molar refractivity (Wildman–Crippen MR) is 184 cm³/mol. The molecule has 0 spiro atoms. The minimum absolute atomic E-state index is 0.00213. The van der Waals surface area contributed by atoms with E-state index < -0.39 is 18.4 Å². The number of amides is 1. The first-order chi connectivity index (χ1) is 22.9. The van der Waals surface area contributed by atoms with E-state index in [1.807, 2.05) is 30.3 Å². The molecule has 3 aromatic carbocycles. The van der Waals surface area contributed by atoms with E-state index in [2.05, 4.69) is 73.5 Å². The maximum atomic E-state index is 12.4. The normalized spacial score (nSPS) is 27.3. The molecule has 3 aromatic rings. The van der Waals surface area contributed by atoms with Crippen molar-refractivity contribution in [3.63, 3.8) is 0 Å². The van der Waals surface area contributed by atoms with Gasteiger partial charge in [0.05, 0.1) is 18.8 Å². The SMILES string of the molecule is CC(=O)O[C@@H](C)C(=O)NCc1cccc(-c2cccc([C@H]3O[C@@H](CN4CC5(C)CC4CC(C)(C)C5)C[C@@H](c4ccc(CO)cc4)O3)c2)c1. The largest absolute Gasteiger partial charge is 0.453 e. The van der Waals surface area contributed by atoms with Gasteiger partial charge in [0.15, 0.2) is 12.4 Å². The van der Waals surface area contributed by atoms with Gasteiger partial charge in [0.1, 0.15) is 0 Å². The highest BCUT2D eigenvalue weighted by atomic mass is 16.7. The average Bonchev–Trinajstić information content (AvgIpc) is 3.30. The van der Waals surface area contributed by atoms with Gasteiger partial charge >= 0.3 is 5.97 Å². The Bertz CT molecular complexity index is 1610. The molecule has 2 heterocycles. The minimum Gasteiger partial charge on any atom is -0.453 e. The molecule has 2 bridgehead atoms. The van der Waals surface area contributed by atoms with E-state index in [1.165, 1.54) is 26.2 Å². The Hall–Kier alpha value is -3.56. The number of ether oxygens (including phenoxy) is 3. The van der Waals surface area contributed by atoms with E-state index in [1.54, 1.807) is 6.92 Å². The molecule has 1 aliphatic carbocycles. The zero-order valence-corrected chi connectivity index (χ0v) is 28.9. The maximum Gasteiger partial charge on any atom is 0.303 e. The van der Waals surface area contributed by atoms with Gasteiger partial charge in [-0.25, -0.2) is 0 Å². The summed E-state index contributed by atoms with van der Waals surface area (Å²) in [4.78, 5) is 26.3. The number of likely N-dealkylation sites (tertiary alicyclic amines) is 1. The topological polar surface area (TPSA) is 97.3 Å². The monoisotopic (exact) mass is 654 g/mol. The van der Waals surface area contributed by atoms with E-state index in [4.69, 9.17) is 14.2 Å². The molecule has 3 fully saturated rings. The van der Waals surface area contributed by atoms with Crippen LogP contribution in [-0.4, -0.2) is 53.2 Å². The van der Waals surface area contributed by atoms with Gasteiger partial charge in [0.25, 0.3) is 5.91 Å². The Kier molecular flexibility index (Phi) is 10.1. The summed E-state index contributed by atoms with van der Waals surface area (Å²) in [6.45, 7) is 12.5. The summed E-state index contributed by atoms with van der Waals surface area (Å²) in [6.07, 6.45) is 2.98. The maximum absolute atomic E-state index is 12.4. The average molecular weight is 655 g/mol. The van der Waals surface area contributed by atoms with Crippen LogP contribution in [0.15, 0.2) is 72.8 Å². The van der Waals surface area contributed by atoms with Crippen LogP contribution in [0.4, 0.5) is 0 Å². The van der Waals surface area contributed by atoms with Gasteiger partial charge in [-0.15, -0.1) is 0 Å². The highest BCUT2D eigenvalue weighted by Crippen LogP contribution is 2.53. The second kappa shape index (κ2) is 14.1. The van der Waals surface area contributed by atoms with Crippen LogP contribution < -0.4 is 5.32 Å². The molecular weight excluding hydrogens is 604 g/mol. The van der Waals surface area contributed by atoms with Crippen LogP contribution in [0.25, 0.3) is 11.1 Å². The molecular formula is C40H50N2O6. The van der Waals surface area contributed by atoms with E-state index in [0.717, 1.165) is 52.9 Å². The summed E-state index contributed by atoms with van der Waals surface area (Å²) < 4.78 is 18.5. The number of carbonyl (C=O) groups is 2. The number of hydrogen-bond acceptors (Lipinski definition) is 7. The third-order valence-corrected chi connectivity index (χ3v) is 10.2. The lowest BCUT2D eigenvalue weighted by Crippen LogP contribution is -2.42. The number of benzene rings is 3. The fraction of sp³-hybridized carbons (Fsp3) is 0.500. The van der Waals surface area contributed by atoms with Crippen LogP contribution in [0.1, 0.15) is 94.9 Å². The number of aliphatic hydroxyl groups is 1. The van der Waals surface area contributed by atoms with E-state index in [0.29, 0.717) is 23.4 Å². The standard InChI is InChI=1S/C40H50N2O6/c1-26(46-27(2)44)37(45)41-21-29-8-6-9-31(16-29)32-10-7-11-33(17-32)38-47-35(18-36(48-38)30-14-12-28(23-43)13-15-30)22-42-25-40(5)20-34(42)19-39(3,4)24-40/h6-17,26,34-36,38,43H,18-25H2,1-5H3,(H,41,45)/t26-,34?,35+,36-,38-,40?/m0/s1. The second-order valence-electron chi connectivity index (χ2n) is 15.3. The molecule has 2 N–H and O–H groups in total. The summed E-state index contributed by atoms with van der Waals surface area (Å²) in [5.74, 6) is -0.825. The van der Waals surface area contributed by atoms with Crippen molar-refractivity contribution >= 4 is 11.9 Å². The molecule has 2 saturated heterocycles. The Labute approximate surface area is 284 Å². The van der Waals surface area contributed by atoms with Crippen LogP contribution in [0.3, 0.4) is 0 Å². The molecule has 0 aromatic heterocycles. The third kappa shape index (κ3) is 8.17. The van der Waals surface area contributed by atoms with Gasteiger partial charge in [-0.2, -0.15) is 0 Å². The van der Waals surface area contributed by atoms with Gasteiger partial charge in [0.2, 0.25) is 0 Å². The van der Waals surface area contributed by atoms with Crippen LogP contribution in [0.5, 0.6) is 0 Å². The molecule has 6 rings (SSSR count). The fourth-order valence-corrected chi connectivity index (χ4v) is 8.45. The molecule has 8 nitrogen and oxygen atoms in total. The minimum atomic E-state index is -0.849. The molecule has 6 atom stereocenters. The van der Waals surface area contributed by atoms with Crippen molar-refractivity contribution < 1.29 is 28.9 Å². The second-order valence-corrected chi connectivity index (χ2v) is 15.3. The smallest absolute Gasteiger partial charge is 0.303 e. The van der Waals surface area contributed by atoms with Crippen LogP contribution in [0.2, 0.25) is 0 Å². The molecule has 2 aliphatic heterocycles. The molecule has 256 valence electrons. The van der Waals surface area contributed by atoms with E-state index in [-0.39, 0.29) is 24.7 Å². The predicted octanol–water partition coefficient (Wildman–Crippen LogP) is 6.86. The van der Waals surface area contributed by atoms with Crippen molar-refractivity contribution in [3.8, 4) is 11.1 Å². The van der Waals surface area contributed by atoms with Gasteiger partial charge in [-0.3, -0.25) is 14.5 Å². The number of hydrogen-bond donors (Lipinski definition) is 2. The van der Waals surface area contributed by atoms with E-state index >= 15 is 0 Å². The summed E-state index contributed by atoms with van der Waals surface area (Å²) in [5.41, 5.74) is 6.61. The van der Waals surface area contributed by atoms with Crippen molar-refractivity contribution in [2.75, 3.05) is 13.1 Å². The number of aliphatic hydroxyl groups excluding tert-OH is 1. The lowest BCUT2D eigenvalue weighted by molar-refractivity contribution is -0.253. The van der Waals surface area contributed by atoms with Crippen molar-refractivity contribution in [3.05, 3.63) is 95.1 Å². The van der Waals surface area contributed by atoms with Gasteiger partial charge in [-0.1, -0.05) is 81.4 Å². The number of rotatable bonds is 10. The van der Waals surface area contributed by atoms with Crippen molar-refractivity contribution in [2.45, 2.75) is 104 Å². The molecule has 2 unspecified atom stereocenters. The summed E-state index contributed by atoms with van der Waals surface area (Å²) in [7, 11) is 0. The highest BCUT2D eigenvalue weighted by Gasteiger charge is 2.50. The van der Waals surface area contributed by atoms with Crippen LogP contribution in [-0.2, 0) is 37.0 Å². The summed E-state index contributed by atoms with van der Waals surface area (Å²) in [6, 6.07) is 25.0. The van der Waals surface area contributed by atoms with Crippen molar-refractivity contribution in [1.29, 1.82) is 0 Å². The van der Waals surface area contributed by atoms with Crippen molar-refractivity contribution in [2.24, 2.45) is 10.8 Å². The van der Waals surface area contributed by atoms with Gasteiger partial charge in [-0.05, 0) is 77.0 Å². The quantitative estimate of drug-likeness (QED) is 0.231. The number of esters is 1. The zero-order chi connectivity index (χ0) is 34.1. The summed E-state index contributed by atoms with van der Waals surface area (Å²) in [5, 5.41) is 12.5. The highest BCUT2D eigenvalue weighted by molar-refractivity contribution is 5.82. The Morgan fingerprint density at radius 3 is 2.42 bits per heavy atom. The Morgan fingerprint density at radius 2 is 1.69 bits per heavy atom. The van der Waals surface area contributed by atoms with Gasteiger partial charge < -0.3 is 24.6 Å². The number of carbonyl (C=O) groups excluding carboxylic acids is 2. The van der Waals surface area contributed by atoms with Crippen LogP contribution in [0, 0.1) is 10.8 Å². The van der Waals surface area contributed by atoms with Gasteiger partial charge in [0, 0.05) is 44.6 Å². The van der Waals surface area contributed by atoms with Crippen molar-refractivity contribution in [1.82, 2.24) is 10.2 Å². The Balaban J connectivity index is 1.21. The third-order valence-electron chi connectivity index (χ3n) is 10.2. The van der Waals surface area contributed by atoms with Crippen LogP contribution >= 0.6 is 0 Å². The Morgan fingerprint density at radius 1 is 0.958 bits per heavy atom. The molecule has 0 radical (unpaired) electrons. The summed E-state index contributed by atoms with van der Waals surface area (Å²) >= 11 is 0. The number of fused-ring (bicyclic) bond motifs is 2. The zero-order valence-electron chi connectivity index (χ0n) is 28.9. The molecule has 3 aliphatic rings. The fourth-order valence-electron chi connectivity index (χ4n) is 8.45. The molecule has 1 amide bonds. The number of nitrogens with one attached hydrogen (secondary N) is 1. The first-order valence-electron chi connectivity index (χ1n) is 17.3. The van der Waals surface area contributed by atoms with E-state index in [9.17, 15) is 14.7 Å². The first-order valence-corrected chi connectivity index (χ1v) is 17.3. The number of nitrogens with zero attached hydrogens (tertiary/aromatic N) is 1. The first kappa shape index (κ1) is 34.3. The molecule has 48 heavy (non-hydrogen) atoms.